The normalized spacial score (nSPS) is 13.4. The zero-order valence-corrected chi connectivity index (χ0v) is 11.3. The highest BCUT2D eigenvalue weighted by Crippen LogP contribution is 2.30. The quantitative estimate of drug-likeness (QED) is 0.798. The molecule has 104 valence electrons. The minimum absolute atomic E-state index is 0.259. The summed E-state index contributed by atoms with van der Waals surface area (Å²) in [4.78, 5) is 22.6. The number of carboxylic acid groups (broad SMARTS) is 1. The SMILES string of the molecule is COC(=O)C(CC(=O)O)C(C)c1cccc(OC)c1. The van der Waals surface area contributed by atoms with Crippen molar-refractivity contribution in [1.82, 2.24) is 0 Å². The lowest BCUT2D eigenvalue weighted by atomic mass is 9.85. The fourth-order valence-corrected chi connectivity index (χ4v) is 1.96. The highest BCUT2D eigenvalue weighted by Gasteiger charge is 2.29. The molecule has 2 unspecified atom stereocenters. The standard InChI is InChI=1S/C14H18O5/c1-9(10-5-4-6-11(7-10)18-2)12(8-13(15)16)14(17)19-3/h4-7,9,12H,8H2,1-3H3,(H,15,16). The number of methoxy groups -OCH3 is 2. The third kappa shape index (κ3) is 3.98. The number of carboxylic acids is 1. The average molecular weight is 266 g/mol. The molecule has 0 aliphatic carbocycles. The van der Waals surface area contributed by atoms with Crippen molar-refractivity contribution >= 4 is 11.9 Å². The first kappa shape index (κ1) is 15.0. The number of hydrogen-bond donors (Lipinski definition) is 1. The number of benzene rings is 1. The Balaban J connectivity index is 3.00. The van der Waals surface area contributed by atoms with E-state index < -0.39 is 17.9 Å². The van der Waals surface area contributed by atoms with Crippen molar-refractivity contribution in [2.75, 3.05) is 14.2 Å². The van der Waals surface area contributed by atoms with Gasteiger partial charge in [-0.05, 0) is 23.6 Å². The molecule has 1 rings (SSSR count). The monoisotopic (exact) mass is 266 g/mol. The molecule has 0 saturated heterocycles. The van der Waals surface area contributed by atoms with Crippen molar-refractivity contribution in [3.63, 3.8) is 0 Å². The van der Waals surface area contributed by atoms with Gasteiger partial charge in [-0.2, -0.15) is 0 Å². The first-order chi connectivity index (χ1) is 8.99. The van der Waals surface area contributed by atoms with Crippen molar-refractivity contribution in [3.05, 3.63) is 29.8 Å². The van der Waals surface area contributed by atoms with Gasteiger partial charge in [0.05, 0.1) is 26.6 Å². The maximum absolute atomic E-state index is 11.7. The number of aliphatic carboxylic acids is 1. The van der Waals surface area contributed by atoms with Crippen LogP contribution in [0.4, 0.5) is 0 Å². The minimum Gasteiger partial charge on any atom is -0.497 e. The number of carbonyl (C=O) groups is 2. The second-order valence-corrected chi connectivity index (χ2v) is 4.29. The van der Waals surface area contributed by atoms with Gasteiger partial charge in [0.1, 0.15) is 5.75 Å². The molecule has 0 saturated carbocycles. The van der Waals surface area contributed by atoms with Gasteiger partial charge in [-0.25, -0.2) is 0 Å². The summed E-state index contributed by atoms with van der Waals surface area (Å²) < 4.78 is 9.80. The molecule has 0 amide bonds. The van der Waals surface area contributed by atoms with Crippen molar-refractivity contribution in [2.45, 2.75) is 19.3 Å². The van der Waals surface area contributed by atoms with Gasteiger partial charge < -0.3 is 14.6 Å². The largest absolute Gasteiger partial charge is 0.497 e. The van der Waals surface area contributed by atoms with Crippen LogP contribution in [0.1, 0.15) is 24.8 Å². The summed E-state index contributed by atoms with van der Waals surface area (Å²) in [7, 11) is 2.81. The summed E-state index contributed by atoms with van der Waals surface area (Å²) in [6.45, 7) is 1.80. The predicted octanol–water partition coefficient (Wildman–Crippen LogP) is 2.06. The number of rotatable bonds is 6. The van der Waals surface area contributed by atoms with Gasteiger partial charge in [-0.1, -0.05) is 19.1 Å². The Kier molecular flexibility index (Phi) is 5.36. The van der Waals surface area contributed by atoms with Gasteiger partial charge in [0, 0.05) is 0 Å². The topological polar surface area (TPSA) is 72.8 Å². The lowest BCUT2D eigenvalue weighted by Crippen LogP contribution is -2.25. The molecule has 0 heterocycles. The average Bonchev–Trinajstić information content (AvgIpc) is 2.43. The summed E-state index contributed by atoms with van der Waals surface area (Å²) in [6, 6.07) is 7.23. The number of carbonyl (C=O) groups excluding carboxylic acids is 1. The molecule has 0 aliphatic rings. The Labute approximate surface area is 112 Å². The molecule has 0 radical (unpaired) electrons. The highest BCUT2D eigenvalue weighted by atomic mass is 16.5. The van der Waals surface area contributed by atoms with Gasteiger partial charge in [0.2, 0.25) is 0 Å². The first-order valence-electron chi connectivity index (χ1n) is 5.93. The smallest absolute Gasteiger partial charge is 0.309 e. The van der Waals surface area contributed by atoms with Crippen molar-refractivity contribution in [3.8, 4) is 5.75 Å². The maximum Gasteiger partial charge on any atom is 0.309 e. The van der Waals surface area contributed by atoms with E-state index in [9.17, 15) is 9.59 Å². The molecule has 0 bridgehead atoms. The van der Waals surface area contributed by atoms with Gasteiger partial charge >= 0.3 is 11.9 Å². The zero-order chi connectivity index (χ0) is 14.4. The second-order valence-electron chi connectivity index (χ2n) is 4.29. The molecule has 1 N–H and O–H groups in total. The van der Waals surface area contributed by atoms with E-state index in [0.29, 0.717) is 5.75 Å². The first-order valence-corrected chi connectivity index (χ1v) is 5.93. The maximum atomic E-state index is 11.7. The van der Waals surface area contributed by atoms with Crippen LogP contribution in [0, 0.1) is 5.92 Å². The fraction of sp³-hybridized carbons (Fsp3) is 0.429. The van der Waals surface area contributed by atoms with Crippen molar-refractivity contribution in [2.24, 2.45) is 5.92 Å². The molecule has 5 nitrogen and oxygen atoms in total. The molecule has 0 aliphatic heterocycles. The van der Waals surface area contributed by atoms with Gasteiger partial charge in [0.15, 0.2) is 0 Å². The predicted molar refractivity (Wildman–Crippen MR) is 69.2 cm³/mol. The van der Waals surface area contributed by atoms with Crippen LogP contribution in [0.15, 0.2) is 24.3 Å². The van der Waals surface area contributed by atoms with Crippen LogP contribution in [-0.4, -0.2) is 31.3 Å². The van der Waals surface area contributed by atoms with Crippen LogP contribution in [0.2, 0.25) is 0 Å². The zero-order valence-electron chi connectivity index (χ0n) is 11.3. The van der Waals surface area contributed by atoms with Crippen LogP contribution in [0.25, 0.3) is 0 Å². The molecule has 0 fully saturated rings. The van der Waals surface area contributed by atoms with E-state index in [0.717, 1.165) is 5.56 Å². The summed E-state index contributed by atoms with van der Waals surface area (Å²) in [5.41, 5.74) is 0.844. The molecule has 2 atom stereocenters. The number of ether oxygens (including phenoxy) is 2. The number of esters is 1. The Morgan fingerprint density at radius 3 is 2.53 bits per heavy atom. The van der Waals surface area contributed by atoms with E-state index in [1.807, 2.05) is 6.07 Å². The van der Waals surface area contributed by atoms with E-state index in [2.05, 4.69) is 4.74 Å². The van der Waals surface area contributed by atoms with E-state index >= 15 is 0 Å². The van der Waals surface area contributed by atoms with Crippen LogP contribution < -0.4 is 4.74 Å². The summed E-state index contributed by atoms with van der Waals surface area (Å²) in [6.07, 6.45) is -0.259. The van der Waals surface area contributed by atoms with Crippen LogP contribution >= 0.6 is 0 Å². The van der Waals surface area contributed by atoms with Gasteiger partial charge in [-0.15, -0.1) is 0 Å². The second kappa shape index (κ2) is 6.78. The van der Waals surface area contributed by atoms with Gasteiger partial charge in [0.25, 0.3) is 0 Å². The molecular formula is C14H18O5. The molecule has 1 aromatic rings. The van der Waals surface area contributed by atoms with E-state index in [1.165, 1.54) is 7.11 Å². The van der Waals surface area contributed by atoms with Crippen molar-refractivity contribution < 1.29 is 24.2 Å². The van der Waals surface area contributed by atoms with Gasteiger partial charge in [-0.3, -0.25) is 9.59 Å². The molecular weight excluding hydrogens is 248 g/mol. The lowest BCUT2D eigenvalue weighted by molar-refractivity contribution is -0.151. The summed E-state index contributed by atoms with van der Waals surface area (Å²) in [5, 5.41) is 8.89. The highest BCUT2D eigenvalue weighted by molar-refractivity contribution is 5.80. The van der Waals surface area contributed by atoms with Crippen LogP contribution in [0.3, 0.4) is 0 Å². The Morgan fingerprint density at radius 2 is 2.00 bits per heavy atom. The van der Waals surface area contributed by atoms with E-state index in [4.69, 9.17) is 9.84 Å². The number of hydrogen-bond acceptors (Lipinski definition) is 4. The molecule has 5 heteroatoms. The Hall–Kier alpha value is -2.04. The summed E-state index contributed by atoms with van der Waals surface area (Å²) in [5.74, 6) is -1.85. The fourth-order valence-electron chi connectivity index (χ4n) is 1.96. The van der Waals surface area contributed by atoms with E-state index in [1.54, 1.807) is 32.2 Å². The van der Waals surface area contributed by atoms with Crippen LogP contribution in [-0.2, 0) is 14.3 Å². The minimum atomic E-state index is -1.02. The third-order valence-electron chi connectivity index (χ3n) is 3.12. The summed E-state index contributed by atoms with van der Waals surface area (Å²) >= 11 is 0. The van der Waals surface area contributed by atoms with Crippen LogP contribution in [0.5, 0.6) is 5.75 Å². The van der Waals surface area contributed by atoms with Crippen molar-refractivity contribution in [1.29, 1.82) is 0 Å². The Morgan fingerprint density at radius 1 is 1.32 bits per heavy atom. The molecule has 0 aromatic heterocycles. The molecule has 0 spiro atoms. The molecule has 1 aromatic carbocycles. The van der Waals surface area contributed by atoms with E-state index in [-0.39, 0.29) is 12.3 Å². The lowest BCUT2D eigenvalue weighted by Gasteiger charge is -2.21. The Bertz CT molecular complexity index is 455. The third-order valence-corrected chi connectivity index (χ3v) is 3.12. The molecule has 19 heavy (non-hydrogen) atoms.